The third-order valence-corrected chi connectivity index (χ3v) is 8.11. The van der Waals surface area contributed by atoms with Crippen molar-refractivity contribution in [3.05, 3.63) is 91.0 Å². The molecular formula is C36H41N3O6S. The van der Waals surface area contributed by atoms with Crippen LogP contribution in [0.4, 0.5) is 9.59 Å². The van der Waals surface area contributed by atoms with E-state index in [0.717, 1.165) is 46.5 Å². The highest BCUT2D eigenvalue weighted by Crippen LogP contribution is 2.42. The van der Waals surface area contributed by atoms with Gasteiger partial charge < -0.3 is 24.9 Å². The number of hydrogen-bond acceptors (Lipinski definition) is 8. The van der Waals surface area contributed by atoms with Gasteiger partial charge in [-0.15, -0.1) is 29.6 Å². The number of carbonyl (C=O) groups is 3. The highest BCUT2D eigenvalue weighted by atomic mass is 32.1. The second-order valence-electron chi connectivity index (χ2n) is 11.3. The van der Waals surface area contributed by atoms with Gasteiger partial charge >= 0.3 is 12.2 Å². The van der Waals surface area contributed by atoms with Crippen molar-refractivity contribution in [3.8, 4) is 27.7 Å². The summed E-state index contributed by atoms with van der Waals surface area (Å²) < 4.78 is 11.7. The van der Waals surface area contributed by atoms with E-state index in [1.165, 1.54) is 17.8 Å². The smallest absolute Gasteiger partial charge is 0.410 e. The fourth-order valence-electron chi connectivity index (χ4n) is 4.90. The molecule has 0 aliphatic carbocycles. The van der Waals surface area contributed by atoms with Gasteiger partial charge in [0.2, 0.25) is 0 Å². The van der Waals surface area contributed by atoms with Crippen LogP contribution in [-0.4, -0.2) is 48.2 Å². The molecule has 0 atom stereocenters. The Morgan fingerprint density at radius 3 is 1.87 bits per heavy atom. The maximum Gasteiger partial charge on any atom is 0.412 e. The Labute approximate surface area is 274 Å². The Morgan fingerprint density at radius 1 is 0.739 bits per heavy atom. The highest BCUT2D eigenvalue weighted by molar-refractivity contribution is 7.22. The Kier molecular flexibility index (Phi) is 11.9. The molecule has 9 nitrogen and oxygen atoms in total. The van der Waals surface area contributed by atoms with E-state index >= 15 is 0 Å². The van der Waals surface area contributed by atoms with Crippen molar-refractivity contribution in [1.29, 1.82) is 0 Å². The second-order valence-corrected chi connectivity index (χ2v) is 12.4. The van der Waals surface area contributed by atoms with Crippen LogP contribution in [0.15, 0.2) is 79.9 Å². The lowest BCUT2D eigenvalue weighted by Crippen LogP contribution is -2.32. The van der Waals surface area contributed by atoms with Crippen molar-refractivity contribution in [3.63, 3.8) is 0 Å². The van der Waals surface area contributed by atoms with Crippen LogP contribution in [0.25, 0.3) is 20.5 Å². The van der Waals surface area contributed by atoms with Crippen molar-refractivity contribution < 1.29 is 28.7 Å². The number of ketones is 1. The van der Waals surface area contributed by atoms with E-state index in [0.29, 0.717) is 28.4 Å². The van der Waals surface area contributed by atoms with Crippen LogP contribution in [0, 0.1) is 0 Å². The van der Waals surface area contributed by atoms with Gasteiger partial charge in [0.25, 0.3) is 0 Å². The van der Waals surface area contributed by atoms with Crippen molar-refractivity contribution in [2.75, 3.05) is 13.1 Å². The van der Waals surface area contributed by atoms with Gasteiger partial charge in [0.15, 0.2) is 5.78 Å². The summed E-state index contributed by atoms with van der Waals surface area (Å²) in [5.41, 5.74) is 1.86. The number of ether oxygens (including phenoxy) is 2. The summed E-state index contributed by atoms with van der Waals surface area (Å²) in [5.74, 6) is 1.31. The van der Waals surface area contributed by atoms with E-state index in [1.54, 1.807) is 36.4 Å². The van der Waals surface area contributed by atoms with Crippen LogP contribution >= 0.6 is 11.3 Å². The van der Waals surface area contributed by atoms with Gasteiger partial charge in [-0.3, -0.25) is 4.79 Å². The van der Waals surface area contributed by atoms with Gasteiger partial charge in [-0.25, -0.2) is 9.59 Å². The third-order valence-electron chi connectivity index (χ3n) is 6.91. The minimum atomic E-state index is -0.545. The van der Waals surface area contributed by atoms with Crippen LogP contribution in [-0.2, 0) is 0 Å². The molecular weight excluding hydrogens is 602 g/mol. The van der Waals surface area contributed by atoms with E-state index in [-0.39, 0.29) is 17.9 Å². The van der Waals surface area contributed by atoms with Gasteiger partial charge in [-0.1, -0.05) is 6.42 Å². The summed E-state index contributed by atoms with van der Waals surface area (Å²) in [6.45, 7) is 15.2. The first kappa shape index (κ1) is 34.2. The molecule has 10 heteroatoms. The molecule has 0 spiro atoms. The molecule has 0 bridgehead atoms. The zero-order valence-electron chi connectivity index (χ0n) is 26.8. The van der Waals surface area contributed by atoms with Crippen molar-refractivity contribution in [2.24, 2.45) is 0 Å². The van der Waals surface area contributed by atoms with Gasteiger partial charge in [0, 0.05) is 51.3 Å². The number of piperidine rings is 1. The summed E-state index contributed by atoms with van der Waals surface area (Å²) in [4.78, 5) is 45.2. The number of hydroxylamine groups is 2. The number of rotatable bonds is 9. The molecule has 1 saturated heterocycles. The average Bonchev–Trinajstić information content (AvgIpc) is 3.41. The largest absolute Gasteiger partial charge is 0.412 e. The van der Waals surface area contributed by atoms with Crippen LogP contribution in [0.3, 0.4) is 0 Å². The fraction of sp³-hybridized carbons (Fsp3) is 0.306. The molecule has 4 aromatic rings. The molecule has 0 saturated carbocycles. The van der Waals surface area contributed by atoms with Crippen molar-refractivity contribution in [1.82, 2.24) is 15.7 Å². The number of carbonyl (C=O) groups excluding carboxylic acids is 3. The molecule has 2 amide bonds. The lowest BCUT2D eigenvalue weighted by molar-refractivity contribution is -0.0720. The molecule has 242 valence electrons. The quantitative estimate of drug-likeness (QED) is 0.139. The molecule has 3 aromatic carbocycles. The van der Waals surface area contributed by atoms with Gasteiger partial charge in [0.1, 0.15) is 17.2 Å². The normalized spacial score (nSPS) is 13.1. The lowest BCUT2D eigenvalue weighted by atomic mass is 9.97. The van der Waals surface area contributed by atoms with E-state index in [2.05, 4.69) is 23.8 Å². The molecule has 1 aromatic heterocycles. The van der Waals surface area contributed by atoms with Crippen molar-refractivity contribution >= 4 is 39.4 Å². The minimum Gasteiger partial charge on any atom is -0.410 e. The molecule has 1 aliphatic heterocycles. The number of hydrogen-bond donors (Lipinski definition) is 2. The van der Waals surface area contributed by atoms with Gasteiger partial charge in [-0.2, -0.15) is 0 Å². The molecule has 0 radical (unpaired) electrons. The summed E-state index contributed by atoms with van der Waals surface area (Å²) in [5, 5.41) is 8.12. The topological polar surface area (TPSA) is 106 Å². The Hall–Kier alpha value is -4.67. The predicted molar refractivity (Wildman–Crippen MR) is 183 cm³/mol. The molecule has 1 aliphatic rings. The third kappa shape index (κ3) is 8.95. The van der Waals surface area contributed by atoms with E-state index < -0.39 is 12.2 Å². The van der Waals surface area contributed by atoms with Crippen molar-refractivity contribution in [2.45, 2.75) is 59.0 Å². The van der Waals surface area contributed by atoms with E-state index in [1.807, 2.05) is 63.1 Å². The molecule has 0 unspecified atom stereocenters. The first-order chi connectivity index (χ1) is 22.2. The Bertz CT molecular complexity index is 1640. The number of fused-ring (bicyclic) bond motifs is 1. The van der Waals surface area contributed by atoms with Crippen LogP contribution < -0.4 is 24.9 Å². The molecule has 5 rings (SSSR count). The van der Waals surface area contributed by atoms with Crippen LogP contribution in [0.5, 0.6) is 17.2 Å². The molecule has 2 N–H and O–H groups in total. The Balaban J connectivity index is 0.00000235. The highest BCUT2D eigenvalue weighted by Gasteiger charge is 2.23. The predicted octanol–water partition coefficient (Wildman–Crippen LogP) is 8.37. The molecule has 46 heavy (non-hydrogen) atoms. The summed E-state index contributed by atoms with van der Waals surface area (Å²) in [6, 6.07) is 19.4. The SMILES string of the molecule is C=C.CC(C)NC(=O)Oc1ccc(-c2sc3cc(OC(=O)NC(C)C)ccc3c2C(=O)c2ccc(ON3CCCCC3)cc2)cc1. The number of nitrogens with one attached hydrogen (secondary N) is 2. The van der Waals surface area contributed by atoms with E-state index in [9.17, 15) is 14.4 Å². The molecule has 1 fully saturated rings. The standard InChI is InChI=1S/C34H37N3O6S.C2H4/c1-21(2)35-33(39)41-25-12-10-24(11-13-25)32-30(28-17-16-27(20-29(28)44-32)42-34(40)36-22(3)4)31(38)23-8-14-26(15-9-23)43-37-18-6-5-7-19-37;1-2/h8-17,20-22H,5-7,18-19H2,1-4H3,(H,35,39)(H,36,40);1-2H2. The fourth-order valence-corrected chi connectivity index (χ4v) is 6.14. The maximum absolute atomic E-state index is 14.1. The van der Waals surface area contributed by atoms with Gasteiger partial charge in [-0.05, 0) is 113 Å². The lowest BCUT2D eigenvalue weighted by Gasteiger charge is -2.26. The summed E-state index contributed by atoms with van der Waals surface area (Å²) in [7, 11) is 0. The van der Waals surface area contributed by atoms with E-state index in [4.69, 9.17) is 14.3 Å². The minimum absolute atomic E-state index is 0.0513. The average molecular weight is 644 g/mol. The number of thiophene rings is 1. The summed E-state index contributed by atoms with van der Waals surface area (Å²) in [6.07, 6.45) is 2.35. The second kappa shape index (κ2) is 16.1. The van der Waals surface area contributed by atoms with Gasteiger partial charge in [0.05, 0.1) is 0 Å². The first-order valence-corrected chi connectivity index (χ1v) is 16.2. The van der Waals surface area contributed by atoms with Crippen LogP contribution in [0.1, 0.15) is 62.9 Å². The maximum atomic E-state index is 14.1. The monoisotopic (exact) mass is 643 g/mol. The zero-order valence-corrected chi connectivity index (χ0v) is 27.6. The number of nitrogens with zero attached hydrogens (tertiary/aromatic N) is 1. The molecule has 2 heterocycles. The number of benzene rings is 3. The zero-order chi connectivity index (χ0) is 33.2. The number of amides is 2. The van der Waals surface area contributed by atoms with Crippen LogP contribution in [0.2, 0.25) is 0 Å². The Morgan fingerprint density at radius 2 is 1.28 bits per heavy atom. The first-order valence-electron chi connectivity index (χ1n) is 15.4. The summed E-state index contributed by atoms with van der Waals surface area (Å²) >= 11 is 1.43.